The molecule has 1 aliphatic rings. The number of anilines is 1. The minimum atomic E-state index is -4.11. The number of hydrogen-bond donors (Lipinski definition) is 1. The fourth-order valence-corrected chi connectivity index (χ4v) is 5.74. The Morgan fingerprint density at radius 1 is 1.00 bits per heavy atom. The van der Waals surface area contributed by atoms with Crippen molar-refractivity contribution in [1.82, 2.24) is 5.32 Å². The van der Waals surface area contributed by atoms with Crippen molar-refractivity contribution >= 4 is 21.6 Å². The van der Waals surface area contributed by atoms with Crippen LogP contribution in [0.5, 0.6) is 5.75 Å². The van der Waals surface area contributed by atoms with Gasteiger partial charge in [-0.05, 0) is 97.8 Å². The second kappa shape index (κ2) is 10.5. The number of sulfonamides is 1. The normalized spacial score (nSPS) is 14.0. The number of nitrogens with one attached hydrogen (secondary N) is 1. The lowest BCUT2D eigenvalue weighted by molar-refractivity contribution is -0.120. The van der Waals surface area contributed by atoms with Crippen molar-refractivity contribution in [2.75, 3.05) is 18.0 Å². The zero-order valence-corrected chi connectivity index (χ0v) is 20.6. The van der Waals surface area contributed by atoms with Gasteiger partial charge in [-0.15, -0.1) is 0 Å². The van der Waals surface area contributed by atoms with E-state index in [4.69, 9.17) is 4.74 Å². The summed E-state index contributed by atoms with van der Waals surface area (Å²) in [5, 5.41) is 2.92. The summed E-state index contributed by atoms with van der Waals surface area (Å²) in [4.78, 5) is 13.0. The Hall–Kier alpha value is -3.39. The van der Waals surface area contributed by atoms with Crippen molar-refractivity contribution in [2.45, 2.75) is 43.5 Å². The van der Waals surface area contributed by atoms with Gasteiger partial charge in [0.15, 0.2) is 0 Å². The molecule has 1 N–H and O–H groups in total. The predicted molar refractivity (Wildman–Crippen MR) is 134 cm³/mol. The number of benzene rings is 3. The molecule has 0 radical (unpaired) electrons. The summed E-state index contributed by atoms with van der Waals surface area (Å²) in [5.74, 6) is -0.452. The molecule has 0 saturated carbocycles. The molecule has 0 fully saturated rings. The maximum Gasteiger partial charge on any atom is 0.264 e. The number of carbonyl (C=O) groups excluding carboxylic acids is 1. The van der Waals surface area contributed by atoms with Gasteiger partial charge in [-0.3, -0.25) is 9.10 Å². The summed E-state index contributed by atoms with van der Waals surface area (Å²) in [5.41, 5.74) is 3.83. The van der Waals surface area contributed by atoms with Gasteiger partial charge in [-0.2, -0.15) is 0 Å². The van der Waals surface area contributed by atoms with E-state index in [9.17, 15) is 17.6 Å². The van der Waals surface area contributed by atoms with Crippen LogP contribution in [-0.2, 0) is 27.7 Å². The molecular formula is C27H29FN2O4S. The van der Waals surface area contributed by atoms with Crippen LogP contribution in [0, 0.1) is 5.82 Å². The topological polar surface area (TPSA) is 75.7 Å². The molecule has 0 spiro atoms. The van der Waals surface area contributed by atoms with Crippen molar-refractivity contribution in [2.24, 2.45) is 0 Å². The molecule has 3 aromatic rings. The summed E-state index contributed by atoms with van der Waals surface area (Å²) >= 11 is 0. The number of ether oxygens (including phenoxy) is 1. The highest BCUT2D eigenvalue weighted by Gasteiger charge is 2.28. The van der Waals surface area contributed by atoms with Crippen molar-refractivity contribution in [3.05, 3.63) is 89.2 Å². The summed E-state index contributed by atoms with van der Waals surface area (Å²) in [6, 6.07) is 16.9. The number of halogens is 1. The Kier molecular flexibility index (Phi) is 7.40. The smallest absolute Gasteiger partial charge is 0.264 e. The highest BCUT2D eigenvalue weighted by molar-refractivity contribution is 7.92. The lowest BCUT2D eigenvalue weighted by atomic mass is 9.89. The molecule has 35 heavy (non-hydrogen) atoms. The van der Waals surface area contributed by atoms with Crippen LogP contribution in [0.3, 0.4) is 0 Å². The third kappa shape index (κ3) is 5.65. The highest BCUT2D eigenvalue weighted by Crippen LogP contribution is 2.27. The molecule has 0 aromatic heterocycles. The number of rotatable bonds is 8. The molecule has 4 rings (SSSR count). The maximum atomic E-state index is 13.5. The number of fused-ring (bicyclic) bond motifs is 1. The number of aryl methyl sites for hydroxylation is 2. The van der Waals surface area contributed by atoms with Crippen LogP contribution in [-0.4, -0.2) is 28.0 Å². The quantitative estimate of drug-likeness (QED) is 0.487. The first kappa shape index (κ1) is 24.7. The third-order valence-corrected chi connectivity index (χ3v) is 8.09. The Morgan fingerprint density at radius 3 is 2.31 bits per heavy atom. The molecule has 184 valence electrons. The Morgan fingerprint density at radius 2 is 1.66 bits per heavy atom. The third-order valence-electron chi connectivity index (χ3n) is 6.30. The summed E-state index contributed by atoms with van der Waals surface area (Å²) in [6.45, 7) is 1.43. The van der Waals surface area contributed by atoms with Crippen LogP contribution in [0.15, 0.2) is 71.6 Å². The van der Waals surface area contributed by atoms with Gasteiger partial charge in [-0.1, -0.05) is 18.2 Å². The summed E-state index contributed by atoms with van der Waals surface area (Å²) in [7, 11) is -2.62. The van der Waals surface area contributed by atoms with E-state index < -0.39 is 28.3 Å². The van der Waals surface area contributed by atoms with Gasteiger partial charge in [0.1, 0.15) is 18.1 Å². The van der Waals surface area contributed by atoms with Gasteiger partial charge < -0.3 is 10.1 Å². The van der Waals surface area contributed by atoms with E-state index in [1.807, 2.05) is 13.0 Å². The van der Waals surface area contributed by atoms with E-state index in [0.717, 1.165) is 29.1 Å². The van der Waals surface area contributed by atoms with Crippen LogP contribution in [0.1, 0.15) is 42.5 Å². The van der Waals surface area contributed by atoms with E-state index >= 15 is 0 Å². The second-order valence-electron chi connectivity index (χ2n) is 8.69. The Balaban J connectivity index is 1.56. The zero-order chi connectivity index (χ0) is 25.0. The first-order valence-electron chi connectivity index (χ1n) is 11.6. The average Bonchev–Trinajstić information content (AvgIpc) is 2.87. The van der Waals surface area contributed by atoms with E-state index in [1.54, 1.807) is 0 Å². The standard InChI is InChI=1S/C27H29FN2O4S/c1-19(21-8-7-20-5-3-4-6-22(20)17-21)29-27(31)18-30(24-11-9-23(28)10-12-24)35(32,33)26-15-13-25(34-2)14-16-26/h7-17,19H,3-6,18H2,1-2H3,(H,29,31)/t19-/m0/s1. The van der Waals surface area contributed by atoms with Crippen molar-refractivity contribution in [1.29, 1.82) is 0 Å². The van der Waals surface area contributed by atoms with Gasteiger partial charge in [0, 0.05) is 0 Å². The van der Waals surface area contributed by atoms with Gasteiger partial charge in [0.25, 0.3) is 10.0 Å². The zero-order valence-electron chi connectivity index (χ0n) is 19.8. The number of methoxy groups -OCH3 is 1. The highest BCUT2D eigenvalue weighted by atomic mass is 32.2. The minimum absolute atomic E-state index is 0.00170. The fourth-order valence-electron chi connectivity index (χ4n) is 4.32. The van der Waals surface area contributed by atoms with Crippen LogP contribution < -0.4 is 14.4 Å². The number of amides is 1. The number of hydrogen-bond acceptors (Lipinski definition) is 4. The lowest BCUT2D eigenvalue weighted by Gasteiger charge is -2.25. The van der Waals surface area contributed by atoms with Gasteiger partial charge in [0.05, 0.1) is 23.7 Å². The molecule has 1 aliphatic carbocycles. The average molecular weight is 497 g/mol. The summed E-state index contributed by atoms with van der Waals surface area (Å²) in [6.07, 6.45) is 4.46. The van der Waals surface area contributed by atoms with E-state index in [0.29, 0.717) is 5.75 Å². The fraction of sp³-hybridized carbons (Fsp3) is 0.296. The molecule has 6 nitrogen and oxygen atoms in total. The molecule has 0 aliphatic heterocycles. The molecule has 0 saturated heterocycles. The van der Waals surface area contributed by atoms with Gasteiger partial charge in [0.2, 0.25) is 5.91 Å². The van der Waals surface area contributed by atoms with Crippen molar-refractivity contribution in [3.8, 4) is 5.75 Å². The lowest BCUT2D eigenvalue weighted by Crippen LogP contribution is -2.41. The van der Waals surface area contributed by atoms with Crippen LogP contribution in [0.2, 0.25) is 0 Å². The minimum Gasteiger partial charge on any atom is -0.497 e. The van der Waals surface area contributed by atoms with Crippen LogP contribution in [0.25, 0.3) is 0 Å². The molecule has 0 heterocycles. The SMILES string of the molecule is COc1ccc(S(=O)(=O)N(CC(=O)N[C@@H](C)c2ccc3c(c2)CCCC3)c2ccc(F)cc2)cc1. The Bertz CT molecular complexity index is 1290. The predicted octanol–water partition coefficient (Wildman–Crippen LogP) is 4.79. The van der Waals surface area contributed by atoms with E-state index in [2.05, 4.69) is 17.4 Å². The molecule has 3 aromatic carbocycles. The van der Waals surface area contributed by atoms with Crippen LogP contribution in [0.4, 0.5) is 10.1 Å². The first-order valence-corrected chi connectivity index (χ1v) is 13.1. The number of carbonyl (C=O) groups is 1. The first-order chi connectivity index (χ1) is 16.8. The molecule has 0 bridgehead atoms. The molecule has 8 heteroatoms. The summed E-state index contributed by atoms with van der Waals surface area (Å²) < 4.78 is 46.6. The Labute approximate surface area is 205 Å². The second-order valence-corrected chi connectivity index (χ2v) is 10.6. The van der Waals surface area contributed by atoms with Gasteiger partial charge >= 0.3 is 0 Å². The number of nitrogens with zero attached hydrogens (tertiary/aromatic N) is 1. The molecule has 1 atom stereocenters. The monoisotopic (exact) mass is 496 g/mol. The molecule has 0 unspecified atom stereocenters. The van der Waals surface area contributed by atoms with Crippen molar-refractivity contribution < 1.29 is 22.3 Å². The molecule has 1 amide bonds. The van der Waals surface area contributed by atoms with Gasteiger partial charge in [-0.25, -0.2) is 12.8 Å². The van der Waals surface area contributed by atoms with Crippen LogP contribution >= 0.6 is 0 Å². The van der Waals surface area contributed by atoms with E-state index in [-0.39, 0.29) is 16.6 Å². The van der Waals surface area contributed by atoms with E-state index in [1.165, 1.54) is 73.2 Å². The largest absolute Gasteiger partial charge is 0.497 e. The maximum absolute atomic E-state index is 13.5. The van der Waals surface area contributed by atoms with Crippen molar-refractivity contribution in [3.63, 3.8) is 0 Å². The molecular weight excluding hydrogens is 467 g/mol.